The van der Waals surface area contributed by atoms with E-state index in [0.29, 0.717) is 0 Å². The molecule has 0 spiro atoms. The van der Waals surface area contributed by atoms with Crippen molar-refractivity contribution in [3.8, 4) is 0 Å². The predicted molar refractivity (Wildman–Crippen MR) is 35.3 cm³/mol. The van der Waals surface area contributed by atoms with Crippen LogP contribution in [0.2, 0.25) is 0 Å². The molecule has 0 nitrogen and oxygen atoms in total. The van der Waals surface area contributed by atoms with Gasteiger partial charge in [-0.3, -0.25) is 0 Å². The molecule has 0 aromatic heterocycles. The Balaban J connectivity index is 0. The molecule has 0 aliphatic rings. The van der Waals surface area contributed by atoms with Gasteiger partial charge in [-0.2, -0.15) is 9.90 Å². The van der Waals surface area contributed by atoms with Gasteiger partial charge in [-0.15, -0.1) is 0 Å². The number of hydrogen-bond donors (Lipinski definition) is 0. The minimum Gasteiger partial charge on any atom is 0.316 e. The summed E-state index contributed by atoms with van der Waals surface area (Å²) in [5.74, 6) is 0. The molecular weight excluding hydrogens is 134 g/mol. The van der Waals surface area contributed by atoms with Crippen molar-refractivity contribution in [2.24, 2.45) is 0 Å². The van der Waals surface area contributed by atoms with Crippen LogP contribution < -0.4 is 0 Å². The van der Waals surface area contributed by atoms with Gasteiger partial charge in [0.15, 0.2) is 0 Å². The zero-order valence-corrected chi connectivity index (χ0v) is 2.12. The molecule has 0 aromatic rings. The van der Waals surface area contributed by atoms with Crippen molar-refractivity contribution >= 4 is 122 Å². The summed E-state index contributed by atoms with van der Waals surface area (Å²) in [5.41, 5.74) is 0. The van der Waals surface area contributed by atoms with E-state index in [1.807, 2.05) is 0 Å². The maximum absolute atomic E-state index is 0. The Morgan fingerprint density at radius 2 is 1.00 bits per heavy atom. The Labute approximate surface area is 118 Å². The minimum absolute atomic E-state index is 0. The van der Waals surface area contributed by atoms with Crippen molar-refractivity contribution in [1.82, 2.24) is 0 Å². The predicted octanol–water partition coefficient (Wildman–Crippen LogP) is -2.42. The van der Waals surface area contributed by atoms with Gasteiger partial charge in [0.05, 0.1) is 0 Å². The molecule has 0 saturated heterocycles. The van der Waals surface area contributed by atoms with Crippen LogP contribution in [0.1, 0.15) is 0 Å². The van der Waals surface area contributed by atoms with E-state index < -0.39 is 0 Å². The standard InChI is InChI=1S/Ca.K.Mg.H3P.5H/h;;;1H3;;;;;. The van der Waals surface area contributed by atoms with Crippen LogP contribution in [0.4, 0.5) is 0 Å². The quantitative estimate of drug-likeness (QED) is 0.261. The fraction of sp³-hybridized carbons (Fsp3) is 0. The Hall–Kier alpha value is 4.09. The summed E-state index contributed by atoms with van der Waals surface area (Å²) < 4.78 is 0. The Bertz CT molecular complexity index is 8.00. The summed E-state index contributed by atoms with van der Waals surface area (Å²) >= 11 is 0. The maximum Gasteiger partial charge on any atom is 0.316 e. The Morgan fingerprint density at radius 1 is 1.00 bits per heavy atom. The molecule has 0 bridgehead atoms. The summed E-state index contributed by atoms with van der Waals surface area (Å²) in [6.07, 6.45) is 0. The summed E-state index contributed by atoms with van der Waals surface area (Å²) in [5, 5.41) is 0. The van der Waals surface area contributed by atoms with Gasteiger partial charge >= 0.3 is 112 Å². The van der Waals surface area contributed by atoms with Crippen molar-refractivity contribution < 1.29 is 0 Å². The molecule has 4 heavy (non-hydrogen) atoms. The van der Waals surface area contributed by atoms with Crippen molar-refractivity contribution in [2.45, 2.75) is 0 Å². The first-order valence-electron chi connectivity index (χ1n) is 0. The van der Waals surface area contributed by atoms with Crippen molar-refractivity contribution in [2.75, 3.05) is 0 Å². The topological polar surface area (TPSA) is 0 Å². The van der Waals surface area contributed by atoms with Crippen LogP contribution in [0.25, 0.3) is 0 Å². The molecule has 0 rings (SSSR count). The van der Waals surface area contributed by atoms with Crippen LogP contribution >= 0.6 is 9.90 Å². The van der Waals surface area contributed by atoms with E-state index in [9.17, 15) is 0 Å². The van der Waals surface area contributed by atoms with E-state index in [4.69, 9.17) is 0 Å². The second-order valence-corrected chi connectivity index (χ2v) is 0. The van der Waals surface area contributed by atoms with E-state index in [2.05, 4.69) is 0 Å². The van der Waals surface area contributed by atoms with Crippen LogP contribution in [0.3, 0.4) is 0 Å². The zero-order valence-electron chi connectivity index (χ0n) is 0.707. The molecule has 0 radical (unpaired) electrons. The van der Waals surface area contributed by atoms with Crippen LogP contribution in [0.15, 0.2) is 0 Å². The third-order valence-electron chi connectivity index (χ3n) is 0. The maximum atomic E-state index is 0. The van der Waals surface area contributed by atoms with Crippen LogP contribution in [-0.2, 0) is 0 Å². The van der Waals surface area contributed by atoms with Crippen molar-refractivity contribution in [3.63, 3.8) is 0 Å². The van der Waals surface area contributed by atoms with E-state index in [1.54, 1.807) is 0 Å². The van der Waals surface area contributed by atoms with Gasteiger partial charge in [-0.1, -0.05) is 0 Å². The molecule has 0 N–H and O–H groups in total. The first kappa shape index (κ1) is 24.3. The van der Waals surface area contributed by atoms with Gasteiger partial charge in [0.1, 0.15) is 0 Å². The molecule has 0 aliphatic carbocycles. The SMILES string of the molecule is P.[CaH2].[KH].[MgH2]. The van der Waals surface area contributed by atoms with Gasteiger partial charge < -0.3 is 0 Å². The Morgan fingerprint density at radius 3 is 1.00 bits per heavy atom. The third-order valence-corrected chi connectivity index (χ3v) is 0. The van der Waals surface area contributed by atoms with Gasteiger partial charge in [-0.25, -0.2) is 0 Å². The van der Waals surface area contributed by atoms with E-state index in [0.717, 1.165) is 0 Å². The second kappa shape index (κ2) is 15.7. The van der Waals surface area contributed by atoms with E-state index in [1.165, 1.54) is 0 Å². The summed E-state index contributed by atoms with van der Waals surface area (Å²) in [6.45, 7) is 0. The molecule has 4 heteroatoms. The number of rotatable bonds is 0. The van der Waals surface area contributed by atoms with E-state index in [-0.39, 0.29) is 122 Å². The molecule has 0 aliphatic heterocycles. The molecule has 18 valence electrons. The first-order valence-corrected chi connectivity index (χ1v) is 0. The average Bonchev–Trinajstić information content (AvgIpc) is 0. The monoisotopic (exact) mass is 142 g/mol. The third kappa shape index (κ3) is 9.43. The zero-order chi connectivity index (χ0) is 0. The first-order chi connectivity index (χ1) is 0. The molecule has 0 heterocycles. The fourth-order valence-electron chi connectivity index (χ4n) is 0. The van der Waals surface area contributed by atoms with Gasteiger partial charge in [0.25, 0.3) is 0 Å². The molecule has 0 fully saturated rings. The van der Waals surface area contributed by atoms with Crippen molar-refractivity contribution in [1.29, 1.82) is 0 Å². The number of hydrogen-bond acceptors (Lipinski definition) is 0. The summed E-state index contributed by atoms with van der Waals surface area (Å²) in [6, 6.07) is 0. The normalized spacial score (nSPS) is 0. The van der Waals surface area contributed by atoms with Gasteiger partial charge in [-0.05, 0) is 0 Å². The van der Waals surface area contributed by atoms with Crippen LogP contribution in [0.5, 0.6) is 0 Å². The summed E-state index contributed by atoms with van der Waals surface area (Å²) in [7, 11) is 0. The fourth-order valence-corrected chi connectivity index (χ4v) is 0. The van der Waals surface area contributed by atoms with Gasteiger partial charge in [0, 0.05) is 0 Å². The molecule has 0 saturated carbocycles. The van der Waals surface area contributed by atoms with Crippen LogP contribution in [0, 0.1) is 0 Å². The smallest absolute Gasteiger partial charge is 0.316 e. The van der Waals surface area contributed by atoms with Gasteiger partial charge in [0.2, 0.25) is 0 Å². The van der Waals surface area contributed by atoms with Crippen molar-refractivity contribution in [3.05, 3.63) is 0 Å². The molecular formula is H8CaKMgP. The summed E-state index contributed by atoms with van der Waals surface area (Å²) in [4.78, 5) is 0. The molecule has 0 aromatic carbocycles. The molecule has 1 unspecified atom stereocenters. The molecule has 1 atom stereocenters. The Kier molecular flexibility index (Phi) is 95.5. The van der Waals surface area contributed by atoms with Crippen LogP contribution in [-0.4, -0.2) is 112 Å². The van der Waals surface area contributed by atoms with E-state index >= 15 is 0 Å². The second-order valence-electron chi connectivity index (χ2n) is 0. The average molecular weight is 143 g/mol. The largest absolute Gasteiger partial charge is 0.316 e. The minimum atomic E-state index is 0. The molecule has 0 amide bonds.